The van der Waals surface area contributed by atoms with E-state index in [-0.39, 0.29) is 23.8 Å². The van der Waals surface area contributed by atoms with Crippen molar-refractivity contribution in [1.82, 2.24) is 14.8 Å². The van der Waals surface area contributed by atoms with Crippen LogP contribution in [0, 0.1) is 19.7 Å². The van der Waals surface area contributed by atoms with Gasteiger partial charge in [0.15, 0.2) is 0 Å². The lowest BCUT2D eigenvalue weighted by atomic mass is 10.0. The van der Waals surface area contributed by atoms with Gasteiger partial charge in [-0.1, -0.05) is 31.2 Å². The van der Waals surface area contributed by atoms with Gasteiger partial charge in [0.05, 0.1) is 17.7 Å². The summed E-state index contributed by atoms with van der Waals surface area (Å²) in [6.07, 6.45) is 2.07. The Morgan fingerprint density at radius 2 is 2.03 bits per heavy atom. The number of anilines is 1. The van der Waals surface area contributed by atoms with E-state index >= 15 is 0 Å². The second-order valence-corrected chi connectivity index (χ2v) is 8.81. The molecule has 1 aromatic heterocycles. The number of nitrogens with one attached hydrogen (secondary N) is 2. The number of para-hydroxylation sites is 1. The Morgan fingerprint density at radius 1 is 1.24 bits per heavy atom. The van der Waals surface area contributed by atoms with Gasteiger partial charge in [0.25, 0.3) is 5.56 Å². The SMILES string of the molecule is CCN1CCC[C@@H]1CN(Cc1cc2ccc(C)c(C)c2[nH]c1=O)C(=O)Nc1ccccc1F. The number of amides is 2. The lowest BCUT2D eigenvalue weighted by Gasteiger charge is -2.30. The van der Waals surface area contributed by atoms with Crippen LogP contribution in [0.1, 0.15) is 36.5 Å². The predicted molar refractivity (Wildman–Crippen MR) is 130 cm³/mol. The summed E-state index contributed by atoms with van der Waals surface area (Å²) in [5.74, 6) is -0.490. The van der Waals surface area contributed by atoms with Crippen molar-refractivity contribution in [3.05, 3.63) is 75.3 Å². The van der Waals surface area contributed by atoms with Crippen LogP contribution in [0.4, 0.5) is 14.9 Å². The maximum atomic E-state index is 14.2. The highest BCUT2D eigenvalue weighted by molar-refractivity contribution is 5.89. The third-order valence-electron chi connectivity index (χ3n) is 6.73. The molecule has 1 aliphatic heterocycles. The molecule has 0 unspecified atom stereocenters. The van der Waals surface area contributed by atoms with Crippen LogP contribution in [-0.2, 0) is 6.54 Å². The monoisotopic (exact) mass is 450 g/mol. The minimum Gasteiger partial charge on any atom is -0.321 e. The van der Waals surface area contributed by atoms with Gasteiger partial charge < -0.3 is 15.2 Å². The van der Waals surface area contributed by atoms with Crippen molar-refractivity contribution >= 4 is 22.6 Å². The molecule has 1 atom stereocenters. The minimum absolute atomic E-state index is 0.129. The second-order valence-electron chi connectivity index (χ2n) is 8.81. The highest BCUT2D eigenvalue weighted by atomic mass is 19.1. The number of likely N-dealkylation sites (tertiary alicyclic amines) is 1. The number of fused-ring (bicyclic) bond motifs is 1. The van der Waals surface area contributed by atoms with Crippen LogP contribution in [0.25, 0.3) is 10.9 Å². The molecule has 33 heavy (non-hydrogen) atoms. The van der Waals surface area contributed by atoms with E-state index in [0.29, 0.717) is 12.1 Å². The zero-order valence-electron chi connectivity index (χ0n) is 19.5. The van der Waals surface area contributed by atoms with Gasteiger partial charge in [0.2, 0.25) is 0 Å². The van der Waals surface area contributed by atoms with Crippen LogP contribution in [0.2, 0.25) is 0 Å². The molecule has 7 heteroatoms. The summed E-state index contributed by atoms with van der Waals surface area (Å²) in [5, 5.41) is 3.62. The summed E-state index contributed by atoms with van der Waals surface area (Å²) < 4.78 is 14.2. The predicted octanol–water partition coefficient (Wildman–Crippen LogP) is 4.80. The number of urea groups is 1. The topological polar surface area (TPSA) is 68.4 Å². The van der Waals surface area contributed by atoms with E-state index in [2.05, 4.69) is 22.1 Å². The van der Waals surface area contributed by atoms with Crippen molar-refractivity contribution in [2.24, 2.45) is 0 Å². The smallest absolute Gasteiger partial charge is 0.321 e. The maximum Gasteiger partial charge on any atom is 0.322 e. The van der Waals surface area contributed by atoms with Crippen LogP contribution in [-0.4, -0.2) is 46.5 Å². The average Bonchev–Trinajstić information content (AvgIpc) is 3.25. The lowest BCUT2D eigenvalue weighted by Crippen LogP contribution is -2.45. The standard InChI is InChI=1S/C26H31FN4O2/c1-4-30-13-7-8-21(30)16-31(26(33)28-23-10-6-5-9-22(23)27)15-20-14-19-12-11-17(2)18(3)24(19)29-25(20)32/h5-6,9-12,14,21H,4,7-8,13,15-16H2,1-3H3,(H,28,33)(H,29,32)/t21-/m1/s1. The molecule has 3 aromatic rings. The van der Waals surface area contributed by atoms with Crippen molar-refractivity contribution in [2.45, 2.75) is 46.2 Å². The van der Waals surface area contributed by atoms with Crippen molar-refractivity contribution in [1.29, 1.82) is 0 Å². The Kier molecular flexibility index (Phi) is 6.79. The molecule has 174 valence electrons. The number of H-pyrrole nitrogens is 1. The fourth-order valence-electron chi connectivity index (χ4n) is 4.64. The summed E-state index contributed by atoms with van der Waals surface area (Å²) in [5.41, 5.74) is 3.39. The van der Waals surface area contributed by atoms with E-state index < -0.39 is 11.8 Å². The number of aromatic nitrogens is 1. The minimum atomic E-state index is -0.490. The molecule has 0 spiro atoms. The first kappa shape index (κ1) is 23.0. The molecule has 6 nitrogen and oxygen atoms in total. The largest absolute Gasteiger partial charge is 0.322 e. The van der Waals surface area contributed by atoms with Crippen molar-refractivity contribution in [2.75, 3.05) is 25.0 Å². The summed E-state index contributed by atoms with van der Waals surface area (Å²) in [4.78, 5) is 33.2. The molecule has 1 aliphatic rings. The number of benzene rings is 2. The number of carbonyl (C=O) groups excluding carboxylic acids is 1. The number of halogens is 1. The quantitative estimate of drug-likeness (QED) is 0.567. The van der Waals surface area contributed by atoms with E-state index in [4.69, 9.17) is 0 Å². The molecule has 2 heterocycles. The summed E-state index contributed by atoms with van der Waals surface area (Å²) in [6, 6.07) is 11.8. The van der Waals surface area contributed by atoms with Crippen LogP contribution < -0.4 is 10.9 Å². The first-order valence-corrected chi connectivity index (χ1v) is 11.5. The van der Waals surface area contributed by atoms with E-state index in [1.807, 2.05) is 32.0 Å². The first-order valence-electron chi connectivity index (χ1n) is 11.5. The number of hydrogen-bond acceptors (Lipinski definition) is 3. The molecule has 4 rings (SSSR count). The van der Waals surface area contributed by atoms with E-state index in [1.54, 1.807) is 17.0 Å². The number of carbonyl (C=O) groups is 1. The van der Waals surface area contributed by atoms with Gasteiger partial charge in [-0.2, -0.15) is 0 Å². The molecular formula is C26H31FN4O2. The van der Waals surface area contributed by atoms with Gasteiger partial charge >= 0.3 is 6.03 Å². The van der Waals surface area contributed by atoms with Gasteiger partial charge in [-0.15, -0.1) is 0 Å². The molecule has 0 saturated carbocycles. The van der Waals surface area contributed by atoms with Crippen LogP contribution in [0.3, 0.4) is 0 Å². The number of aryl methyl sites for hydroxylation is 2. The number of likely N-dealkylation sites (N-methyl/N-ethyl adjacent to an activating group) is 1. The Labute approximate surface area is 193 Å². The van der Waals surface area contributed by atoms with Crippen molar-refractivity contribution in [3.8, 4) is 0 Å². The highest BCUT2D eigenvalue weighted by Gasteiger charge is 2.28. The molecule has 0 aliphatic carbocycles. The number of rotatable bonds is 6. The normalized spacial score (nSPS) is 16.3. The first-order chi connectivity index (χ1) is 15.9. The number of pyridine rings is 1. The zero-order valence-corrected chi connectivity index (χ0v) is 19.5. The van der Waals surface area contributed by atoms with Crippen LogP contribution >= 0.6 is 0 Å². The molecule has 2 N–H and O–H groups in total. The van der Waals surface area contributed by atoms with Gasteiger partial charge in [0, 0.05) is 18.2 Å². The molecule has 2 amide bonds. The van der Waals surface area contributed by atoms with E-state index in [1.165, 1.54) is 12.1 Å². The fourth-order valence-corrected chi connectivity index (χ4v) is 4.64. The van der Waals surface area contributed by atoms with Gasteiger partial charge in [-0.3, -0.25) is 9.69 Å². The molecule has 0 bridgehead atoms. The fraction of sp³-hybridized carbons (Fsp3) is 0.385. The molecule has 1 fully saturated rings. The Balaban J connectivity index is 1.65. The Morgan fingerprint density at radius 3 is 2.79 bits per heavy atom. The van der Waals surface area contributed by atoms with Gasteiger partial charge in [-0.05, 0) is 74.5 Å². The summed E-state index contributed by atoms with van der Waals surface area (Å²) in [7, 11) is 0. The van der Waals surface area contributed by atoms with Crippen LogP contribution in [0.5, 0.6) is 0 Å². The van der Waals surface area contributed by atoms with E-state index in [0.717, 1.165) is 48.0 Å². The Bertz CT molecular complexity index is 1220. The molecular weight excluding hydrogens is 419 g/mol. The van der Waals surface area contributed by atoms with Gasteiger partial charge in [0.1, 0.15) is 5.82 Å². The third kappa shape index (κ3) is 4.93. The van der Waals surface area contributed by atoms with Crippen molar-refractivity contribution in [3.63, 3.8) is 0 Å². The molecule has 1 saturated heterocycles. The third-order valence-corrected chi connectivity index (χ3v) is 6.73. The van der Waals surface area contributed by atoms with Crippen molar-refractivity contribution < 1.29 is 9.18 Å². The number of hydrogen-bond donors (Lipinski definition) is 2. The van der Waals surface area contributed by atoms with Crippen LogP contribution in [0.15, 0.2) is 47.3 Å². The maximum absolute atomic E-state index is 14.2. The zero-order chi connectivity index (χ0) is 23.5. The van der Waals surface area contributed by atoms with E-state index in [9.17, 15) is 14.0 Å². The summed E-state index contributed by atoms with van der Waals surface area (Å²) >= 11 is 0. The second kappa shape index (κ2) is 9.75. The lowest BCUT2D eigenvalue weighted by molar-refractivity contribution is 0.174. The van der Waals surface area contributed by atoms with Gasteiger partial charge in [-0.25, -0.2) is 9.18 Å². The Hall–Kier alpha value is -3.19. The number of nitrogens with zero attached hydrogens (tertiary/aromatic N) is 2. The molecule has 0 radical (unpaired) electrons. The number of aromatic amines is 1. The molecule has 2 aromatic carbocycles. The average molecular weight is 451 g/mol. The highest BCUT2D eigenvalue weighted by Crippen LogP contribution is 2.22. The summed E-state index contributed by atoms with van der Waals surface area (Å²) in [6.45, 7) is 8.63.